The van der Waals surface area contributed by atoms with Gasteiger partial charge in [-0.3, -0.25) is 0 Å². The van der Waals surface area contributed by atoms with E-state index in [0.717, 1.165) is 37.6 Å². The lowest BCUT2D eigenvalue weighted by atomic mass is 10.3. The van der Waals surface area contributed by atoms with Gasteiger partial charge in [0.1, 0.15) is 5.82 Å². The van der Waals surface area contributed by atoms with Crippen LogP contribution in [0.5, 0.6) is 0 Å². The molecule has 1 aromatic heterocycles. The third-order valence-corrected chi connectivity index (χ3v) is 2.53. The van der Waals surface area contributed by atoms with Gasteiger partial charge >= 0.3 is 0 Å². The molecule has 0 aliphatic carbocycles. The highest BCUT2D eigenvalue weighted by Crippen LogP contribution is 2.11. The van der Waals surface area contributed by atoms with E-state index in [0.29, 0.717) is 12.6 Å². The van der Waals surface area contributed by atoms with Crippen molar-refractivity contribution in [2.24, 2.45) is 0 Å². The van der Waals surface area contributed by atoms with Crippen molar-refractivity contribution in [3.8, 4) is 0 Å². The maximum absolute atomic E-state index is 5.52. The molecule has 0 aromatic carbocycles. The van der Waals surface area contributed by atoms with Crippen LogP contribution in [-0.4, -0.2) is 61.8 Å². The largest absolute Gasteiger partial charge is 0.378 e. The molecule has 6 heteroatoms. The third kappa shape index (κ3) is 6.35. The minimum absolute atomic E-state index is 0.657. The number of ether oxygens (including phenoxy) is 1. The summed E-state index contributed by atoms with van der Waals surface area (Å²) in [6.45, 7) is 7.94. The van der Waals surface area contributed by atoms with Crippen molar-refractivity contribution in [2.45, 2.75) is 13.8 Å². The molecule has 108 valence electrons. The summed E-state index contributed by atoms with van der Waals surface area (Å²) >= 11 is 0. The van der Waals surface area contributed by atoms with Crippen molar-refractivity contribution in [3.63, 3.8) is 0 Å². The van der Waals surface area contributed by atoms with Crippen molar-refractivity contribution < 1.29 is 4.74 Å². The van der Waals surface area contributed by atoms with E-state index in [1.165, 1.54) is 0 Å². The zero-order chi connectivity index (χ0) is 14.1. The first-order chi connectivity index (χ1) is 9.13. The highest BCUT2D eigenvalue weighted by Gasteiger charge is 2.02. The molecule has 0 saturated carbocycles. The second-order valence-electron chi connectivity index (χ2n) is 4.60. The Balaban J connectivity index is 2.30. The molecule has 0 aliphatic heterocycles. The lowest BCUT2D eigenvalue weighted by Gasteiger charge is -2.12. The van der Waals surface area contributed by atoms with Gasteiger partial charge in [-0.05, 0) is 27.9 Å². The molecule has 6 nitrogen and oxygen atoms in total. The van der Waals surface area contributed by atoms with Gasteiger partial charge in [0.2, 0.25) is 5.95 Å². The third-order valence-electron chi connectivity index (χ3n) is 2.53. The monoisotopic (exact) mass is 267 g/mol. The Morgan fingerprint density at radius 3 is 2.74 bits per heavy atom. The van der Waals surface area contributed by atoms with Gasteiger partial charge in [-0.25, -0.2) is 4.98 Å². The standard InChI is InChI=1S/C13H25N5O/c1-5-14-13-16-10-11(2)12(17-13)15-6-8-19-9-7-18(3)4/h10H,5-9H2,1-4H3,(H2,14,15,16,17). The van der Waals surface area contributed by atoms with Gasteiger partial charge in [0, 0.05) is 31.4 Å². The van der Waals surface area contributed by atoms with Crippen LogP contribution in [-0.2, 0) is 4.74 Å². The zero-order valence-corrected chi connectivity index (χ0v) is 12.4. The van der Waals surface area contributed by atoms with Crippen molar-refractivity contribution in [2.75, 3.05) is 57.6 Å². The summed E-state index contributed by atoms with van der Waals surface area (Å²) in [7, 11) is 4.07. The second kappa shape index (κ2) is 8.66. The van der Waals surface area contributed by atoms with E-state index >= 15 is 0 Å². The maximum atomic E-state index is 5.52. The normalized spacial score (nSPS) is 10.8. The quantitative estimate of drug-likeness (QED) is 0.656. The number of anilines is 2. The van der Waals surface area contributed by atoms with E-state index in [9.17, 15) is 0 Å². The molecule has 1 aromatic rings. The summed E-state index contributed by atoms with van der Waals surface area (Å²) in [5, 5.41) is 6.37. The molecular weight excluding hydrogens is 242 g/mol. The number of hydrogen-bond donors (Lipinski definition) is 2. The van der Waals surface area contributed by atoms with Crippen LogP contribution in [0.25, 0.3) is 0 Å². The van der Waals surface area contributed by atoms with Crippen LogP contribution >= 0.6 is 0 Å². The molecule has 1 heterocycles. The molecule has 0 fully saturated rings. The molecule has 19 heavy (non-hydrogen) atoms. The highest BCUT2D eigenvalue weighted by atomic mass is 16.5. The lowest BCUT2D eigenvalue weighted by molar-refractivity contribution is 0.126. The minimum atomic E-state index is 0.657. The van der Waals surface area contributed by atoms with Crippen molar-refractivity contribution in [1.82, 2.24) is 14.9 Å². The van der Waals surface area contributed by atoms with Crippen LogP contribution in [0.1, 0.15) is 12.5 Å². The number of aryl methyl sites for hydroxylation is 1. The molecule has 2 N–H and O–H groups in total. The Labute approximate surface area is 115 Å². The number of nitrogens with one attached hydrogen (secondary N) is 2. The molecule has 0 spiro atoms. The van der Waals surface area contributed by atoms with E-state index in [4.69, 9.17) is 4.74 Å². The summed E-state index contributed by atoms with van der Waals surface area (Å²) < 4.78 is 5.52. The summed E-state index contributed by atoms with van der Waals surface area (Å²) in [5.74, 6) is 1.52. The van der Waals surface area contributed by atoms with Crippen molar-refractivity contribution in [3.05, 3.63) is 11.8 Å². The Kier molecular flexibility index (Phi) is 7.14. The molecule has 0 atom stereocenters. The Hall–Kier alpha value is -1.40. The van der Waals surface area contributed by atoms with Gasteiger partial charge in [0.25, 0.3) is 0 Å². The number of likely N-dealkylation sites (N-methyl/N-ethyl adjacent to an activating group) is 1. The highest BCUT2D eigenvalue weighted by molar-refractivity contribution is 5.46. The molecule has 0 amide bonds. The predicted octanol–water partition coefficient (Wildman–Crippen LogP) is 1.21. The van der Waals surface area contributed by atoms with Crippen LogP contribution in [0, 0.1) is 6.92 Å². The summed E-state index contributed by atoms with van der Waals surface area (Å²) in [4.78, 5) is 10.7. The van der Waals surface area contributed by atoms with Crippen LogP contribution < -0.4 is 10.6 Å². The fraction of sp³-hybridized carbons (Fsp3) is 0.692. The van der Waals surface area contributed by atoms with E-state index in [2.05, 4.69) is 25.5 Å². The van der Waals surface area contributed by atoms with Crippen molar-refractivity contribution >= 4 is 11.8 Å². The number of hydrogen-bond acceptors (Lipinski definition) is 6. The topological polar surface area (TPSA) is 62.3 Å². The number of nitrogens with zero attached hydrogens (tertiary/aromatic N) is 3. The summed E-state index contributed by atoms with van der Waals surface area (Å²) in [6.07, 6.45) is 1.82. The summed E-state index contributed by atoms with van der Waals surface area (Å²) in [6, 6.07) is 0. The first kappa shape index (κ1) is 15.7. The molecule has 0 radical (unpaired) electrons. The second-order valence-corrected chi connectivity index (χ2v) is 4.60. The fourth-order valence-corrected chi connectivity index (χ4v) is 1.46. The minimum Gasteiger partial charge on any atom is -0.378 e. The molecule has 0 bridgehead atoms. The van der Waals surface area contributed by atoms with Crippen molar-refractivity contribution in [1.29, 1.82) is 0 Å². The van der Waals surface area contributed by atoms with E-state index in [-0.39, 0.29) is 0 Å². The van der Waals surface area contributed by atoms with Crippen LogP contribution in [0.2, 0.25) is 0 Å². The smallest absolute Gasteiger partial charge is 0.224 e. The van der Waals surface area contributed by atoms with Gasteiger partial charge in [0.05, 0.1) is 13.2 Å². The average Bonchev–Trinajstić information content (AvgIpc) is 2.37. The first-order valence-corrected chi connectivity index (χ1v) is 6.67. The fourth-order valence-electron chi connectivity index (χ4n) is 1.46. The molecule has 0 unspecified atom stereocenters. The number of aromatic nitrogens is 2. The van der Waals surface area contributed by atoms with Gasteiger partial charge in [-0.15, -0.1) is 0 Å². The Bertz CT molecular complexity index is 370. The van der Waals surface area contributed by atoms with Crippen LogP contribution in [0.4, 0.5) is 11.8 Å². The van der Waals surface area contributed by atoms with E-state index < -0.39 is 0 Å². The zero-order valence-electron chi connectivity index (χ0n) is 12.4. The lowest BCUT2D eigenvalue weighted by Crippen LogP contribution is -2.20. The maximum Gasteiger partial charge on any atom is 0.224 e. The van der Waals surface area contributed by atoms with Gasteiger partial charge in [0.15, 0.2) is 0 Å². The first-order valence-electron chi connectivity index (χ1n) is 6.67. The van der Waals surface area contributed by atoms with E-state index in [1.54, 1.807) is 0 Å². The molecule has 0 aliphatic rings. The molecule has 1 rings (SSSR count). The Morgan fingerprint density at radius 2 is 2.05 bits per heavy atom. The van der Waals surface area contributed by atoms with Gasteiger partial charge in [-0.1, -0.05) is 0 Å². The van der Waals surface area contributed by atoms with Crippen LogP contribution in [0.15, 0.2) is 6.20 Å². The number of rotatable bonds is 9. The van der Waals surface area contributed by atoms with Crippen LogP contribution in [0.3, 0.4) is 0 Å². The van der Waals surface area contributed by atoms with Gasteiger partial charge < -0.3 is 20.3 Å². The SMILES string of the molecule is CCNc1ncc(C)c(NCCOCCN(C)C)n1. The molecule has 0 saturated heterocycles. The van der Waals surface area contributed by atoms with E-state index in [1.807, 2.05) is 34.1 Å². The molecular formula is C13H25N5O. The average molecular weight is 267 g/mol. The predicted molar refractivity (Wildman–Crippen MR) is 78.8 cm³/mol. The Morgan fingerprint density at radius 1 is 1.26 bits per heavy atom. The van der Waals surface area contributed by atoms with Gasteiger partial charge in [-0.2, -0.15) is 4.98 Å². The summed E-state index contributed by atoms with van der Waals surface area (Å²) in [5.41, 5.74) is 1.04.